The minimum Gasteiger partial charge on any atom is -0.458 e. The molecule has 146 valence electrons. The number of imide groups is 1. The van der Waals surface area contributed by atoms with Gasteiger partial charge in [-0.3, -0.25) is 14.5 Å². The van der Waals surface area contributed by atoms with E-state index in [0.717, 1.165) is 16.0 Å². The summed E-state index contributed by atoms with van der Waals surface area (Å²) in [7, 11) is 0. The highest BCUT2D eigenvalue weighted by Gasteiger charge is 2.41. The molecule has 0 aliphatic carbocycles. The van der Waals surface area contributed by atoms with Crippen LogP contribution in [0.2, 0.25) is 0 Å². The molecule has 0 saturated carbocycles. The van der Waals surface area contributed by atoms with Crippen molar-refractivity contribution in [3.05, 3.63) is 77.2 Å². The molecule has 0 fully saturated rings. The number of oxazole rings is 1. The lowest BCUT2D eigenvalue weighted by molar-refractivity contribution is -0.149. The monoisotopic (exact) mass is 390 g/mol. The Hall–Kier alpha value is -3.74. The van der Waals surface area contributed by atoms with Gasteiger partial charge in [-0.1, -0.05) is 29.8 Å². The number of carbonyl (C=O) groups is 3. The number of ether oxygens (including phenoxy) is 1. The molecule has 29 heavy (non-hydrogen) atoms. The number of aryl methyl sites for hydroxylation is 1. The summed E-state index contributed by atoms with van der Waals surface area (Å²) in [5.74, 6) is -1.28. The van der Waals surface area contributed by atoms with Crippen molar-refractivity contribution >= 4 is 17.8 Å². The molecule has 1 aliphatic heterocycles. The molecule has 0 radical (unpaired) electrons. The molecule has 3 aromatic rings. The number of hydrogen-bond acceptors (Lipinski definition) is 6. The lowest BCUT2D eigenvalue weighted by Crippen LogP contribution is -2.43. The van der Waals surface area contributed by atoms with E-state index in [0.29, 0.717) is 11.6 Å². The van der Waals surface area contributed by atoms with Crippen molar-refractivity contribution in [2.24, 2.45) is 0 Å². The van der Waals surface area contributed by atoms with Gasteiger partial charge in [-0.2, -0.15) is 0 Å². The fourth-order valence-electron chi connectivity index (χ4n) is 3.13. The number of carbonyl (C=O) groups excluding carboxylic acids is 3. The van der Waals surface area contributed by atoms with Crippen LogP contribution in [0, 0.1) is 6.92 Å². The zero-order valence-corrected chi connectivity index (χ0v) is 15.9. The van der Waals surface area contributed by atoms with Gasteiger partial charge in [0, 0.05) is 5.56 Å². The molecule has 0 saturated heterocycles. The lowest BCUT2D eigenvalue weighted by atomic mass is 10.1. The second-order valence-corrected chi connectivity index (χ2v) is 6.82. The van der Waals surface area contributed by atoms with E-state index in [-0.39, 0.29) is 17.7 Å². The van der Waals surface area contributed by atoms with E-state index in [4.69, 9.17) is 9.15 Å². The van der Waals surface area contributed by atoms with Crippen LogP contribution < -0.4 is 0 Å². The maximum Gasteiger partial charge on any atom is 0.329 e. The van der Waals surface area contributed by atoms with Crippen molar-refractivity contribution in [1.82, 2.24) is 9.88 Å². The van der Waals surface area contributed by atoms with Crippen molar-refractivity contribution in [1.29, 1.82) is 0 Å². The third-order valence-electron chi connectivity index (χ3n) is 4.77. The Morgan fingerprint density at radius 2 is 1.69 bits per heavy atom. The average molecular weight is 390 g/mol. The summed E-state index contributed by atoms with van der Waals surface area (Å²) in [6.45, 7) is 3.33. The molecule has 2 heterocycles. The fraction of sp³-hybridized carbons (Fsp3) is 0.182. The predicted molar refractivity (Wildman–Crippen MR) is 103 cm³/mol. The first-order valence-electron chi connectivity index (χ1n) is 9.10. The largest absolute Gasteiger partial charge is 0.458 e. The van der Waals surface area contributed by atoms with Crippen LogP contribution in [-0.2, 0) is 16.1 Å². The number of amides is 2. The van der Waals surface area contributed by atoms with E-state index >= 15 is 0 Å². The molecular formula is C22H18N2O5. The molecule has 1 unspecified atom stereocenters. The summed E-state index contributed by atoms with van der Waals surface area (Å²) in [6, 6.07) is 13.1. The Morgan fingerprint density at radius 3 is 2.31 bits per heavy atom. The molecular weight excluding hydrogens is 372 g/mol. The van der Waals surface area contributed by atoms with E-state index < -0.39 is 23.8 Å². The van der Waals surface area contributed by atoms with Gasteiger partial charge < -0.3 is 9.15 Å². The Balaban J connectivity index is 1.41. The second kappa shape index (κ2) is 7.35. The zero-order valence-electron chi connectivity index (χ0n) is 15.9. The maximum absolute atomic E-state index is 12.5. The Bertz CT molecular complexity index is 1070. The van der Waals surface area contributed by atoms with E-state index in [9.17, 15) is 14.4 Å². The molecule has 2 amide bonds. The first-order chi connectivity index (χ1) is 14.0. The summed E-state index contributed by atoms with van der Waals surface area (Å²) >= 11 is 0. The maximum atomic E-state index is 12.5. The first-order valence-corrected chi connectivity index (χ1v) is 9.10. The van der Waals surface area contributed by atoms with Crippen LogP contribution in [0.5, 0.6) is 0 Å². The van der Waals surface area contributed by atoms with Crippen LogP contribution in [0.4, 0.5) is 0 Å². The Kier molecular flexibility index (Phi) is 4.72. The number of fused-ring (bicyclic) bond motifs is 1. The highest BCUT2D eigenvalue weighted by Crippen LogP contribution is 2.25. The second-order valence-electron chi connectivity index (χ2n) is 6.82. The minimum absolute atomic E-state index is 0.123. The zero-order chi connectivity index (χ0) is 20.5. The molecule has 4 rings (SSSR count). The van der Waals surface area contributed by atoms with E-state index in [1.54, 1.807) is 24.3 Å². The Labute approximate surface area is 166 Å². The number of benzene rings is 2. The molecule has 1 atom stereocenters. The summed E-state index contributed by atoms with van der Waals surface area (Å²) in [5, 5.41) is 0. The fourth-order valence-corrected chi connectivity index (χ4v) is 3.13. The molecule has 0 N–H and O–H groups in total. The summed E-state index contributed by atoms with van der Waals surface area (Å²) in [4.78, 5) is 42.6. The summed E-state index contributed by atoms with van der Waals surface area (Å²) in [6.07, 6.45) is 1.41. The molecule has 1 aliphatic rings. The summed E-state index contributed by atoms with van der Waals surface area (Å²) < 4.78 is 10.7. The third kappa shape index (κ3) is 3.42. The minimum atomic E-state index is -1.05. The predicted octanol–water partition coefficient (Wildman–Crippen LogP) is 3.38. The van der Waals surface area contributed by atoms with Crippen molar-refractivity contribution in [2.45, 2.75) is 26.5 Å². The number of nitrogens with zero attached hydrogens (tertiary/aromatic N) is 2. The van der Waals surface area contributed by atoms with Crippen LogP contribution in [-0.4, -0.2) is 33.7 Å². The summed E-state index contributed by atoms with van der Waals surface area (Å²) in [5.41, 5.74) is 2.94. The van der Waals surface area contributed by atoms with Crippen LogP contribution in [0.25, 0.3) is 11.5 Å². The van der Waals surface area contributed by atoms with Gasteiger partial charge in [0.2, 0.25) is 5.89 Å². The SMILES string of the molecule is Cc1ccc(-c2nc(COC(=O)C(C)N3C(=O)c4ccccc4C3=O)co2)cc1. The van der Waals surface area contributed by atoms with Gasteiger partial charge in [-0.15, -0.1) is 0 Å². The van der Waals surface area contributed by atoms with Gasteiger partial charge in [0.15, 0.2) is 0 Å². The van der Waals surface area contributed by atoms with Gasteiger partial charge in [-0.25, -0.2) is 9.78 Å². The number of hydrogen-bond donors (Lipinski definition) is 0. The molecule has 0 spiro atoms. The molecule has 7 nitrogen and oxygen atoms in total. The molecule has 1 aromatic heterocycles. The van der Waals surface area contributed by atoms with Crippen LogP contribution in [0.1, 0.15) is 38.9 Å². The Morgan fingerprint density at radius 1 is 1.07 bits per heavy atom. The molecule has 0 bridgehead atoms. The number of esters is 1. The quantitative estimate of drug-likeness (QED) is 0.490. The lowest BCUT2D eigenvalue weighted by Gasteiger charge is -2.20. The van der Waals surface area contributed by atoms with Gasteiger partial charge >= 0.3 is 5.97 Å². The third-order valence-corrected chi connectivity index (χ3v) is 4.77. The van der Waals surface area contributed by atoms with Crippen LogP contribution in [0.15, 0.2) is 59.2 Å². The van der Waals surface area contributed by atoms with Gasteiger partial charge in [0.25, 0.3) is 11.8 Å². The van der Waals surface area contributed by atoms with Crippen LogP contribution in [0.3, 0.4) is 0 Å². The van der Waals surface area contributed by atoms with Crippen molar-refractivity contribution in [2.75, 3.05) is 0 Å². The van der Waals surface area contributed by atoms with Gasteiger partial charge in [0.05, 0.1) is 11.1 Å². The first kappa shape index (κ1) is 18.6. The van der Waals surface area contributed by atoms with Crippen molar-refractivity contribution < 1.29 is 23.5 Å². The number of rotatable bonds is 5. The van der Waals surface area contributed by atoms with Gasteiger partial charge in [0.1, 0.15) is 24.6 Å². The van der Waals surface area contributed by atoms with E-state index in [1.807, 2.05) is 31.2 Å². The van der Waals surface area contributed by atoms with Crippen LogP contribution >= 0.6 is 0 Å². The van der Waals surface area contributed by atoms with E-state index in [1.165, 1.54) is 13.2 Å². The average Bonchev–Trinajstić information content (AvgIpc) is 3.30. The highest BCUT2D eigenvalue weighted by atomic mass is 16.5. The number of aromatic nitrogens is 1. The smallest absolute Gasteiger partial charge is 0.329 e. The topological polar surface area (TPSA) is 89.7 Å². The standard InChI is InChI=1S/C22H18N2O5/c1-13-7-9-15(10-8-13)19-23-16(11-28-19)12-29-22(27)14(2)24-20(25)17-5-3-4-6-18(17)21(24)26/h3-11,14H,12H2,1-2H3. The van der Waals surface area contributed by atoms with Crippen molar-refractivity contribution in [3.8, 4) is 11.5 Å². The normalized spacial score (nSPS) is 14.1. The van der Waals surface area contributed by atoms with Crippen molar-refractivity contribution in [3.63, 3.8) is 0 Å². The molecule has 2 aromatic carbocycles. The molecule has 7 heteroatoms. The van der Waals surface area contributed by atoms with E-state index in [2.05, 4.69) is 4.98 Å². The van der Waals surface area contributed by atoms with Gasteiger partial charge in [-0.05, 0) is 38.1 Å². The highest BCUT2D eigenvalue weighted by molar-refractivity contribution is 6.22.